The summed E-state index contributed by atoms with van der Waals surface area (Å²) in [6.07, 6.45) is 4.68. The van der Waals surface area contributed by atoms with E-state index >= 15 is 0 Å². The van der Waals surface area contributed by atoms with Gasteiger partial charge in [-0.25, -0.2) is 0 Å². The zero-order valence-corrected chi connectivity index (χ0v) is 38.8. The summed E-state index contributed by atoms with van der Waals surface area (Å²) in [5.74, 6) is 0. The molecule has 0 heterocycles. The SMILES string of the molecule is C[Si](C)(C)c1ccc(/C=C(\c2ccccc2)c2ccc(-c3c4ccccc4c(-c4ccc(/C(=C/c5ccc([Si](C)(C)C)cc5)c5ccccc5)cc4)c4ccccc34)cc2)cc1. The fourth-order valence-corrected chi connectivity index (χ4v) is 11.1. The third kappa shape index (κ3) is 8.50. The lowest BCUT2D eigenvalue weighted by atomic mass is 9.85. The molecule has 0 nitrogen and oxygen atoms in total. The molecule has 9 rings (SSSR count). The molecule has 0 unspecified atom stereocenters. The van der Waals surface area contributed by atoms with Crippen LogP contribution in [0.1, 0.15) is 33.4 Å². The minimum atomic E-state index is -1.38. The Morgan fingerprint density at radius 1 is 0.290 bits per heavy atom. The Bertz CT molecular complexity index is 2780. The molecule has 2 heteroatoms. The Morgan fingerprint density at radius 3 is 0.855 bits per heavy atom. The predicted octanol–water partition coefficient (Wildman–Crippen LogP) is 15.6. The van der Waals surface area contributed by atoms with Crippen molar-refractivity contribution in [2.24, 2.45) is 0 Å². The highest BCUT2D eigenvalue weighted by atomic mass is 28.3. The second kappa shape index (κ2) is 17.1. The van der Waals surface area contributed by atoms with Crippen molar-refractivity contribution in [3.63, 3.8) is 0 Å². The second-order valence-electron chi connectivity index (χ2n) is 18.6. The van der Waals surface area contributed by atoms with Gasteiger partial charge >= 0.3 is 0 Å². The molecule has 0 spiro atoms. The molecule has 0 aliphatic carbocycles. The highest BCUT2D eigenvalue weighted by Gasteiger charge is 2.19. The largest absolute Gasteiger partial charge is 0.0775 e. The third-order valence-electron chi connectivity index (χ3n) is 12.2. The highest BCUT2D eigenvalue weighted by molar-refractivity contribution is 6.89. The molecule has 302 valence electrons. The molecule has 0 atom stereocenters. The van der Waals surface area contributed by atoms with Crippen LogP contribution in [0, 0.1) is 0 Å². The molecule has 0 radical (unpaired) electrons. The minimum absolute atomic E-state index is 1.20. The van der Waals surface area contributed by atoms with Crippen molar-refractivity contribution in [1.29, 1.82) is 0 Å². The Kier molecular flexibility index (Phi) is 11.2. The van der Waals surface area contributed by atoms with Crippen molar-refractivity contribution in [2.75, 3.05) is 0 Å². The Balaban J connectivity index is 1.12. The van der Waals surface area contributed by atoms with E-state index in [4.69, 9.17) is 0 Å². The van der Waals surface area contributed by atoms with Crippen LogP contribution in [0.4, 0.5) is 0 Å². The van der Waals surface area contributed by atoms with Gasteiger partial charge in [0, 0.05) is 0 Å². The smallest absolute Gasteiger partial charge is 0.0656 e. The molecule has 0 aliphatic rings. The summed E-state index contributed by atoms with van der Waals surface area (Å²) in [5, 5.41) is 7.98. The summed E-state index contributed by atoms with van der Waals surface area (Å²) in [4.78, 5) is 0. The van der Waals surface area contributed by atoms with Gasteiger partial charge in [-0.05, 0) is 100 Å². The summed E-state index contributed by atoms with van der Waals surface area (Å²) < 4.78 is 0. The highest BCUT2D eigenvalue weighted by Crippen LogP contribution is 2.44. The first-order chi connectivity index (χ1) is 30.0. The van der Waals surface area contributed by atoms with Gasteiger partial charge in [0.2, 0.25) is 0 Å². The molecular weight excluding hydrogens is 777 g/mol. The van der Waals surface area contributed by atoms with E-state index < -0.39 is 16.1 Å². The maximum Gasteiger partial charge on any atom is 0.0775 e. The summed E-state index contributed by atoms with van der Waals surface area (Å²) in [6, 6.07) is 76.4. The Hall–Kier alpha value is -6.59. The van der Waals surface area contributed by atoms with Crippen LogP contribution in [0.5, 0.6) is 0 Å². The van der Waals surface area contributed by atoms with Crippen LogP contribution >= 0.6 is 0 Å². The zero-order valence-electron chi connectivity index (χ0n) is 36.8. The van der Waals surface area contributed by atoms with E-state index in [1.807, 2.05) is 0 Å². The number of benzene rings is 9. The number of hydrogen-bond donors (Lipinski definition) is 0. The number of rotatable bonds is 10. The standard InChI is InChI=1S/C60H54Si2/c1-61(2,3)51-37-25-43(26-38-51)41-57(45-17-9-7-10-18-45)47-29-33-49(34-30-47)59-53-21-13-15-23-55(53)60(56-24-16-14-22-54(56)59)50-35-31-48(32-36-50)58(46-19-11-8-12-20-46)42-44-27-39-52(40-28-44)62(4,5)6/h7-42H,1-6H3/b57-41+,58-42+. The molecule has 0 N–H and O–H groups in total. The van der Waals surface area contributed by atoms with E-state index in [2.05, 4.69) is 258 Å². The molecule has 0 saturated heterocycles. The lowest BCUT2D eigenvalue weighted by Gasteiger charge is -2.19. The fraction of sp³-hybridized carbons (Fsp3) is 0.100. The Morgan fingerprint density at radius 2 is 0.565 bits per heavy atom. The van der Waals surface area contributed by atoms with E-state index in [-0.39, 0.29) is 0 Å². The number of fused-ring (bicyclic) bond motifs is 2. The van der Waals surface area contributed by atoms with Gasteiger partial charge in [0.1, 0.15) is 0 Å². The van der Waals surface area contributed by atoms with Crippen LogP contribution in [0.15, 0.2) is 206 Å². The monoisotopic (exact) mass is 830 g/mol. The molecule has 0 saturated carbocycles. The van der Waals surface area contributed by atoms with Crippen molar-refractivity contribution < 1.29 is 0 Å². The normalized spacial score (nSPS) is 12.5. The molecule has 0 aromatic heterocycles. The molecule has 62 heavy (non-hydrogen) atoms. The summed E-state index contributed by atoms with van der Waals surface area (Å²) in [6.45, 7) is 14.4. The van der Waals surface area contributed by atoms with Crippen LogP contribution in [0.25, 0.3) is 67.1 Å². The van der Waals surface area contributed by atoms with E-state index in [9.17, 15) is 0 Å². The van der Waals surface area contributed by atoms with Crippen molar-refractivity contribution in [1.82, 2.24) is 0 Å². The first-order valence-electron chi connectivity index (χ1n) is 21.9. The van der Waals surface area contributed by atoms with Crippen LogP contribution in [0.3, 0.4) is 0 Å². The van der Waals surface area contributed by atoms with E-state index in [0.29, 0.717) is 0 Å². The summed E-state index contributed by atoms with van der Waals surface area (Å²) in [5.41, 5.74) is 14.7. The quantitative estimate of drug-likeness (QED) is 0.0732. The molecular formula is C60H54Si2. The van der Waals surface area contributed by atoms with E-state index in [1.54, 1.807) is 0 Å². The molecule has 9 aromatic carbocycles. The van der Waals surface area contributed by atoms with Gasteiger partial charge in [0.05, 0.1) is 16.1 Å². The molecule has 0 amide bonds. The molecule has 0 aliphatic heterocycles. The maximum absolute atomic E-state index is 2.40. The van der Waals surface area contributed by atoms with Crippen LogP contribution < -0.4 is 10.4 Å². The summed E-state index contributed by atoms with van der Waals surface area (Å²) in [7, 11) is -2.77. The first-order valence-corrected chi connectivity index (χ1v) is 28.9. The van der Waals surface area contributed by atoms with Crippen LogP contribution in [-0.4, -0.2) is 16.1 Å². The lowest BCUT2D eigenvalue weighted by Crippen LogP contribution is -2.37. The maximum atomic E-state index is 2.40. The van der Waals surface area contributed by atoms with E-state index in [0.717, 1.165) is 0 Å². The van der Waals surface area contributed by atoms with E-state index in [1.165, 1.54) is 98.7 Å². The van der Waals surface area contributed by atoms with Crippen molar-refractivity contribution in [3.05, 3.63) is 240 Å². The zero-order chi connectivity index (χ0) is 42.8. The van der Waals surface area contributed by atoms with Crippen LogP contribution in [0.2, 0.25) is 39.3 Å². The average Bonchev–Trinajstić information content (AvgIpc) is 3.30. The minimum Gasteiger partial charge on any atom is -0.0656 e. The molecule has 0 fully saturated rings. The van der Waals surface area contributed by atoms with Gasteiger partial charge in [0.15, 0.2) is 0 Å². The molecule has 9 aromatic rings. The summed E-state index contributed by atoms with van der Waals surface area (Å²) >= 11 is 0. The van der Waals surface area contributed by atoms with Gasteiger partial charge < -0.3 is 0 Å². The predicted molar refractivity (Wildman–Crippen MR) is 278 cm³/mol. The first kappa shape index (κ1) is 40.8. The number of hydrogen-bond acceptors (Lipinski definition) is 0. The van der Waals surface area contributed by atoms with Gasteiger partial charge in [-0.2, -0.15) is 0 Å². The second-order valence-corrected chi connectivity index (χ2v) is 28.7. The van der Waals surface area contributed by atoms with Crippen LogP contribution in [-0.2, 0) is 0 Å². The fourth-order valence-electron chi connectivity index (χ4n) is 8.78. The van der Waals surface area contributed by atoms with Gasteiger partial charge in [-0.3, -0.25) is 0 Å². The molecule has 0 bridgehead atoms. The third-order valence-corrected chi connectivity index (χ3v) is 16.4. The van der Waals surface area contributed by atoms with Crippen molar-refractivity contribution in [2.45, 2.75) is 39.3 Å². The lowest BCUT2D eigenvalue weighted by molar-refractivity contribution is 1.54. The van der Waals surface area contributed by atoms with Gasteiger partial charge in [-0.15, -0.1) is 0 Å². The topological polar surface area (TPSA) is 0 Å². The average molecular weight is 831 g/mol. The Labute approximate surface area is 370 Å². The van der Waals surface area contributed by atoms with Crippen molar-refractivity contribution >= 4 is 71.4 Å². The van der Waals surface area contributed by atoms with Crippen molar-refractivity contribution in [3.8, 4) is 22.3 Å². The van der Waals surface area contributed by atoms with Gasteiger partial charge in [0.25, 0.3) is 0 Å². The van der Waals surface area contributed by atoms with Gasteiger partial charge in [-0.1, -0.05) is 256 Å².